The monoisotopic (exact) mass is 339 g/mol. The highest BCUT2D eigenvalue weighted by Gasteiger charge is 2.24. The van der Waals surface area contributed by atoms with E-state index in [0.29, 0.717) is 5.39 Å². The number of aromatic amines is 1. The van der Waals surface area contributed by atoms with Crippen molar-refractivity contribution in [1.29, 1.82) is 0 Å². The van der Waals surface area contributed by atoms with Gasteiger partial charge in [-0.25, -0.2) is 0 Å². The van der Waals surface area contributed by atoms with Gasteiger partial charge in [0.1, 0.15) is 0 Å². The third kappa shape index (κ3) is 2.30. The molecule has 2 N–H and O–H groups in total. The zero-order valence-corrected chi connectivity index (χ0v) is 14.1. The van der Waals surface area contributed by atoms with Gasteiger partial charge in [-0.2, -0.15) is 0 Å². The molecule has 0 radical (unpaired) electrons. The maximum absolute atomic E-state index is 11.2. The van der Waals surface area contributed by atoms with E-state index in [1.165, 1.54) is 5.56 Å². The van der Waals surface area contributed by atoms with E-state index >= 15 is 0 Å². The van der Waals surface area contributed by atoms with Gasteiger partial charge in [-0.3, -0.25) is 0 Å². The van der Waals surface area contributed by atoms with E-state index in [0.717, 1.165) is 46.6 Å². The normalized spacial score (nSPS) is 14.8. The van der Waals surface area contributed by atoms with Gasteiger partial charge in [0.2, 0.25) is 5.88 Å². The Morgan fingerprint density at radius 1 is 1.25 bits per heavy atom. The number of aromatic hydroxyl groups is 1. The van der Waals surface area contributed by atoms with Gasteiger partial charge in [0, 0.05) is 23.4 Å². The highest BCUT2D eigenvalue weighted by Crippen LogP contribution is 2.42. The molecular weight excluding hydrogens is 322 g/mol. The largest absolute Gasteiger partial charge is 0.493 e. The van der Waals surface area contributed by atoms with Crippen molar-refractivity contribution in [3.8, 4) is 17.0 Å². The summed E-state index contributed by atoms with van der Waals surface area (Å²) in [6.07, 6.45) is 0.920. The van der Waals surface area contributed by atoms with Crippen LogP contribution in [0.3, 0.4) is 0 Å². The Kier molecular flexibility index (Phi) is 3.58. The summed E-state index contributed by atoms with van der Waals surface area (Å²) in [6.45, 7) is 1.74. The lowest BCUT2D eigenvalue weighted by Gasteiger charge is -2.27. The Balaban J connectivity index is 2.06. The van der Waals surface area contributed by atoms with Gasteiger partial charge in [-0.05, 0) is 59.1 Å². The lowest BCUT2D eigenvalue weighted by molar-refractivity contribution is 0.314. The van der Waals surface area contributed by atoms with E-state index in [2.05, 4.69) is 34.7 Å². The summed E-state index contributed by atoms with van der Waals surface area (Å²) in [5.41, 5.74) is 5.42. The van der Waals surface area contributed by atoms with Crippen LogP contribution in [0.5, 0.6) is 5.88 Å². The molecule has 0 saturated carbocycles. The van der Waals surface area contributed by atoms with Crippen LogP contribution in [-0.4, -0.2) is 28.6 Å². The number of thiol groups is 1. The second kappa shape index (κ2) is 5.65. The van der Waals surface area contributed by atoms with E-state index in [1.54, 1.807) is 0 Å². The third-order valence-electron chi connectivity index (χ3n) is 4.71. The first-order valence-electron chi connectivity index (χ1n) is 7.79. The molecule has 2 aromatic carbocycles. The predicted molar refractivity (Wildman–Crippen MR) is 98.1 cm³/mol. The maximum Gasteiger partial charge on any atom is 0.219 e. The Morgan fingerprint density at radius 3 is 2.71 bits per heavy atom. The number of H-pyrrole nitrogens is 1. The highest BCUT2D eigenvalue weighted by atomic mass is 32.1. The van der Waals surface area contributed by atoms with Crippen molar-refractivity contribution in [1.82, 2.24) is 9.88 Å². The number of hydrogen-bond donors (Lipinski definition) is 3. The summed E-state index contributed by atoms with van der Waals surface area (Å²) in [5.74, 6) is -0.168. The van der Waals surface area contributed by atoms with E-state index in [9.17, 15) is 10.0 Å². The minimum atomic E-state index is -0.168. The first-order valence-corrected chi connectivity index (χ1v) is 8.24. The van der Waals surface area contributed by atoms with Crippen LogP contribution in [0.15, 0.2) is 40.4 Å². The van der Waals surface area contributed by atoms with Gasteiger partial charge < -0.3 is 15.0 Å². The number of nitroso groups, excluding NO2 is 1. The SMILES string of the molecule is CN1CCc2c(-c3ccc(S)cc3)cc3c(N=O)c(O)[nH]c3c2C1. The summed E-state index contributed by atoms with van der Waals surface area (Å²) in [4.78, 5) is 17.3. The minimum absolute atomic E-state index is 0.0769. The summed E-state index contributed by atoms with van der Waals surface area (Å²) < 4.78 is 0. The summed E-state index contributed by atoms with van der Waals surface area (Å²) in [7, 11) is 2.07. The fourth-order valence-electron chi connectivity index (χ4n) is 3.52. The topological polar surface area (TPSA) is 68.7 Å². The lowest BCUT2D eigenvalue weighted by atomic mass is 9.89. The highest BCUT2D eigenvalue weighted by molar-refractivity contribution is 7.80. The first-order chi connectivity index (χ1) is 11.6. The fourth-order valence-corrected chi connectivity index (χ4v) is 3.67. The number of fused-ring (bicyclic) bond motifs is 3. The molecule has 5 nitrogen and oxygen atoms in total. The molecule has 1 aliphatic heterocycles. The smallest absolute Gasteiger partial charge is 0.219 e. The van der Waals surface area contributed by atoms with Gasteiger partial charge >= 0.3 is 0 Å². The average Bonchev–Trinajstić information content (AvgIpc) is 2.90. The molecule has 0 bridgehead atoms. The van der Waals surface area contributed by atoms with Crippen LogP contribution in [-0.2, 0) is 13.0 Å². The van der Waals surface area contributed by atoms with E-state index in [1.807, 2.05) is 30.3 Å². The van der Waals surface area contributed by atoms with Gasteiger partial charge in [0.15, 0.2) is 5.69 Å². The van der Waals surface area contributed by atoms with Crippen LogP contribution in [0.25, 0.3) is 22.0 Å². The van der Waals surface area contributed by atoms with Crippen molar-refractivity contribution in [2.75, 3.05) is 13.6 Å². The molecule has 122 valence electrons. The second-order valence-corrected chi connectivity index (χ2v) is 6.77. The molecular formula is C18H17N3O2S. The number of benzene rings is 2. The van der Waals surface area contributed by atoms with Crippen LogP contribution in [0, 0.1) is 4.91 Å². The summed E-state index contributed by atoms with van der Waals surface area (Å²) in [6, 6.07) is 9.93. The molecule has 0 unspecified atom stereocenters. The van der Waals surface area contributed by atoms with Gasteiger partial charge in [-0.15, -0.1) is 17.5 Å². The molecule has 4 rings (SSSR count). The number of nitrogens with zero attached hydrogens (tertiary/aromatic N) is 2. The standard InChI is InChI=1S/C18H17N3O2S/c1-21-7-6-12-13(10-2-4-11(24)5-3-10)8-14-16(15(12)9-21)19-18(22)17(14)20-23/h2-5,8,19,22,24H,6-7,9H2,1H3. The van der Waals surface area contributed by atoms with Gasteiger partial charge in [0.05, 0.1) is 5.52 Å². The molecule has 3 aromatic rings. The van der Waals surface area contributed by atoms with Crippen LogP contribution in [0.1, 0.15) is 11.1 Å². The van der Waals surface area contributed by atoms with E-state index < -0.39 is 0 Å². The molecule has 1 aromatic heterocycles. The Labute approximate surface area is 144 Å². The first kappa shape index (κ1) is 15.2. The number of rotatable bonds is 2. The molecule has 0 aliphatic carbocycles. The Morgan fingerprint density at radius 2 is 2.00 bits per heavy atom. The fraction of sp³-hybridized carbons (Fsp3) is 0.222. The van der Waals surface area contributed by atoms with Crippen molar-refractivity contribution in [3.63, 3.8) is 0 Å². The molecule has 0 saturated heterocycles. The zero-order valence-electron chi connectivity index (χ0n) is 13.2. The van der Waals surface area contributed by atoms with Crippen LogP contribution >= 0.6 is 12.6 Å². The molecule has 0 fully saturated rings. The van der Waals surface area contributed by atoms with Crippen molar-refractivity contribution in [3.05, 3.63) is 46.4 Å². The molecule has 0 amide bonds. The van der Waals surface area contributed by atoms with Crippen molar-refractivity contribution in [2.24, 2.45) is 5.18 Å². The average molecular weight is 339 g/mol. The molecule has 0 spiro atoms. The van der Waals surface area contributed by atoms with Crippen LogP contribution < -0.4 is 0 Å². The Bertz CT molecular complexity index is 947. The third-order valence-corrected chi connectivity index (χ3v) is 5.01. The minimum Gasteiger partial charge on any atom is -0.493 e. The number of hydrogen-bond acceptors (Lipinski definition) is 5. The summed E-state index contributed by atoms with van der Waals surface area (Å²) >= 11 is 4.35. The zero-order chi connectivity index (χ0) is 16.8. The molecule has 2 heterocycles. The molecule has 6 heteroatoms. The quantitative estimate of drug-likeness (QED) is 0.484. The number of aromatic nitrogens is 1. The van der Waals surface area contributed by atoms with Crippen LogP contribution in [0.4, 0.5) is 5.69 Å². The van der Waals surface area contributed by atoms with E-state index in [-0.39, 0.29) is 11.6 Å². The van der Waals surface area contributed by atoms with Crippen molar-refractivity contribution in [2.45, 2.75) is 17.9 Å². The van der Waals surface area contributed by atoms with Gasteiger partial charge in [0.25, 0.3) is 0 Å². The number of likely N-dealkylation sites (N-methyl/N-ethyl adjacent to an activating group) is 1. The Hall–Kier alpha value is -2.31. The van der Waals surface area contributed by atoms with Crippen molar-refractivity contribution >= 4 is 29.2 Å². The summed E-state index contributed by atoms with van der Waals surface area (Å²) in [5, 5.41) is 13.7. The molecule has 1 aliphatic rings. The predicted octanol–water partition coefficient (Wildman–Crippen LogP) is 4.22. The van der Waals surface area contributed by atoms with E-state index in [4.69, 9.17) is 0 Å². The van der Waals surface area contributed by atoms with Crippen LogP contribution in [0.2, 0.25) is 0 Å². The van der Waals surface area contributed by atoms with Gasteiger partial charge in [-0.1, -0.05) is 12.1 Å². The second-order valence-electron chi connectivity index (χ2n) is 6.25. The lowest BCUT2D eigenvalue weighted by Crippen LogP contribution is -2.27. The molecule has 0 atom stereocenters. The number of nitrogens with one attached hydrogen (secondary N) is 1. The molecule has 24 heavy (non-hydrogen) atoms. The van der Waals surface area contributed by atoms with Crippen molar-refractivity contribution < 1.29 is 5.11 Å². The maximum atomic E-state index is 11.2.